The van der Waals surface area contributed by atoms with Crippen molar-refractivity contribution in [3.05, 3.63) is 0 Å². The Morgan fingerprint density at radius 1 is 1.64 bits per heavy atom. The number of hydrogen-bond acceptors (Lipinski definition) is 3. The average Bonchev–Trinajstić information content (AvgIpc) is 2.37. The third kappa shape index (κ3) is 3.18. The van der Waals surface area contributed by atoms with Crippen LogP contribution in [0.1, 0.15) is 19.8 Å². The van der Waals surface area contributed by atoms with Crippen LogP contribution in [0, 0.1) is 0 Å². The van der Waals surface area contributed by atoms with Gasteiger partial charge >= 0.3 is 0 Å². The molecule has 0 amide bonds. The zero-order valence-corrected chi connectivity index (χ0v) is 7.12. The third-order valence-corrected chi connectivity index (χ3v) is 1.87. The van der Waals surface area contributed by atoms with Crippen molar-refractivity contribution in [1.29, 1.82) is 0 Å². The average molecular weight is 159 g/mol. The highest BCUT2D eigenvalue weighted by atomic mass is 16.5. The van der Waals surface area contributed by atoms with Crippen LogP contribution in [0.4, 0.5) is 0 Å². The molecule has 0 saturated carbocycles. The first-order valence-electron chi connectivity index (χ1n) is 4.31. The highest BCUT2D eigenvalue weighted by molar-refractivity contribution is 4.71. The molecule has 0 bridgehead atoms. The van der Waals surface area contributed by atoms with Crippen LogP contribution >= 0.6 is 0 Å². The van der Waals surface area contributed by atoms with Gasteiger partial charge in [-0.3, -0.25) is 4.90 Å². The first-order chi connectivity index (χ1) is 5.33. The van der Waals surface area contributed by atoms with Crippen molar-refractivity contribution < 1.29 is 9.84 Å². The van der Waals surface area contributed by atoms with Crippen molar-refractivity contribution >= 4 is 0 Å². The molecule has 0 aromatic heterocycles. The van der Waals surface area contributed by atoms with E-state index in [2.05, 4.69) is 11.8 Å². The number of β-amino-alcohol motifs (C(OH)–C–C–N with tert-alkyl or cyclic N) is 1. The highest BCUT2D eigenvalue weighted by Crippen LogP contribution is 2.07. The van der Waals surface area contributed by atoms with Crippen molar-refractivity contribution in [2.24, 2.45) is 0 Å². The molecule has 1 N–H and O–H groups in total. The Balaban J connectivity index is 1.99. The maximum absolute atomic E-state index is 9.16. The van der Waals surface area contributed by atoms with Crippen molar-refractivity contribution in [1.82, 2.24) is 4.90 Å². The summed E-state index contributed by atoms with van der Waals surface area (Å²) in [5.41, 5.74) is 0. The summed E-state index contributed by atoms with van der Waals surface area (Å²) in [6, 6.07) is 0. The van der Waals surface area contributed by atoms with Crippen molar-refractivity contribution in [2.45, 2.75) is 25.9 Å². The van der Waals surface area contributed by atoms with Crippen LogP contribution in [-0.4, -0.2) is 42.5 Å². The number of aliphatic hydroxyl groups is 1. The molecule has 11 heavy (non-hydrogen) atoms. The van der Waals surface area contributed by atoms with E-state index in [1.54, 1.807) is 0 Å². The van der Waals surface area contributed by atoms with E-state index in [-0.39, 0.29) is 6.10 Å². The molecule has 0 radical (unpaired) electrons. The summed E-state index contributed by atoms with van der Waals surface area (Å²) in [6.45, 7) is 5.37. The van der Waals surface area contributed by atoms with Crippen LogP contribution in [0.5, 0.6) is 0 Å². The highest BCUT2D eigenvalue weighted by Gasteiger charge is 2.19. The van der Waals surface area contributed by atoms with Crippen molar-refractivity contribution in [3.63, 3.8) is 0 Å². The molecule has 1 aliphatic heterocycles. The summed E-state index contributed by atoms with van der Waals surface area (Å²) in [7, 11) is 0. The molecule has 0 spiro atoms. The number of hydrogen-bond donors (Lipinski definition) is 1. The zero-order chi connectivity index (χ0) is 8.10. The molecule has 1 atom stereocenters. The summed E-state index contributed by atoms with van der Waals surface area (Å²) in [5.74, 6) is 0. The predicted octanol–water partition coefficient (Wildman–Crippen LogP) is 0.437. The molecule has 0 aromatic rings. The number of nitrogens with zero attached hydrogens (tertiary/aromatic N) is 1. The minimum atomic E-state index is -0.125. The van der Waals surface area contributed by atoms with Crippen LogP contribution in [0.3, 0.4) is 0 Å². The Morgan fingerprint density at radius 3 is 3.00 bits per heavy atom. The normalized spacial score (nSPS) is 26.2. The molecule has 3 heteroatoms. The second kappa shape index (κ2) is 4.70. The standard InChI is InChI=1S/C8H17NO2/c1-2-5-11-7-9-4-3-8(10)6-9/h8,10H,2-7H2,1H3. The van der Waals surface area contributed by atoms with E-state index >= 15 is 0 Å². The second-order valence-corrected chi connectivity index (χ2v) is 3.06. The lowest BCUT2D eigenvalue weighted by atomic mass is 10.3. The molecule has 0 aliphatic carbocycles. The lowest BCUT2D eigenvalue weighted by Crippen LogP contribution is -2.25. The summed E-state index contributed by atoms with van der Waals surface area (Å²) < 4.78 is 5.33. The van der Waals surface area contributed by atoms with E-state index < -0.39 is 0 Å². The molecule has 1 rings (SSSR count). The topological polar surface area (TPSA) is 32.7 Å². The van der Waals surface area contributed by atoms with Gasteiger partial charge in [0.25, 0.3) is 0 Å². The van der Waals surface area contributed by atoms with Gasteiger partial charge in [0.05, 0.1) is 12.8 Å². The minimum absolute atomic E-state index is 0.125. The molecular weight excluding hydrogens is 142 g/mol. The fourth-order valence-electron chi connectivity index (χ4n) is 1.27. The van der Waals surface area contributed by atoms with E-state index in [0.29, 0.717) is 6.73 Å². The van der Waals surface area contributed by atoms with E-state index in [0.717, 1.165) is 32.5 Å². The van der Waals surface area contributed by atoms with Gasteiger partial charge in [0, 0.05) is 19.7 Å². The van der Waals surface area contributed by atoms with Gasteiger partial charge in [0.15, 0.2) is 0 Å². The van der Waals surface area contributed by atoms with Gasteiger partial charge in [-0.2, -0.15) is 0 Å². The van der Waals surface area contributed by atoms with E-state index in [1.165, 1.54) is 0 Å². The van der Waals surface area contributed by atoms with Gasteiger partial charge in [0.1, 0.15) is 0 Å². The maximum Gasteiger partial charge on any atom is 0.0991 e. The van der Waals surface area contributed by atoms with Crippen molar-refractivity contribution in [3.8, 4) is 0 Å². The Morgan fingerprint density at radius 2 is 2.45 bits per heavy atom. The molecule has 66 valence electrons. The smallest absolute Gasteiger partial charge is 0.0991 e. The maximum atomic E-state index is 9.16. The molecule has 1 heterocycles. The molecule has 1 fully saturated rings. The molecule has 1 unspecified atom stereocenters. The number of rotatable bonds is 4. The van der Waals surface area contributed by atoms with E-state index in [9.17, 15) is 0 Å². The lowest BCUT2D eigenvalue weighted by Gasteiger charge is -2.14. The Hall–Kier alpha value is -0.120. The van der Waals surface area contributed by atoms with Gasteiger partial charge in [-0.25, -0.2) is 0 Å². The molecule has 0 aromatic carbocycles. The SMILES string of the molecule is CCCOCN1CCC(O)C1. The van der Waals surface area contributed by atoms with Crippen LogP contribution in [-0.2, 0) is 4.74 Å². The van der Waals surface area contributed by atoms with Crippen molar-refractivity contribution in [2.75, 3.05) is 26.4 Å². The van der Waals surface area contributed by atoms with E-state index in [4.69, 9.17) is 9.84 Å². The van der Waals surface area contributed by atoms with Crippen LogP contribution in [0.15, 0.2) is 0 Å². The summed E-state index contributed by atoms with van der Waals surface area (Å²) >= 11 is 0. The summed E-state index contributed by atoms with van der Waals surface area (Å²) in [5, 5.41) is 9.16. The quantitative estimate of drug-likeness (QED) is 0.604. The largest absolute Gasteiger partial charge is 0.392 e. The number of aliphatic hydroxyl groups excluding tert-OH is 1. The van der Waals surface area contributed by atoms with E-state index in [1.807, 2.05) is 0 Å². The third-order valence-electron chi connectivity index (χ3n) is 1.87. The zero-order valence-electron chi connectivity index (χ0n) is 7.12. The van der Waals surface area contributed by atoms with Gasteiger partial charge in [-0.05, 0) is 12.8 Å². The van der Waals surface area contributed by atoms with Gasteiger partial charge in [-0.1, -0.05) is 6.92 Å². The van der Waals surface area contributed by atoms with Crippen LogP contribution in [0.25, 0.3) is 0 Å². The number of likely N-dealkylation sites (tertiary alicyclic amines) is 1. The number of ether oxygens (including phenoxy) is 1. The Bertz CT molecular complexity index is 108. The molecule has 1 saturated heterocycles. The predicted molar refractivity (Wildman–Crippen MR) is 43.3 cm³/mol. The molecule has 1 aliphatic rings. The fourth-order valence-corrected chi connectivity index (χ4v) is 1.27. The Kier molecular flexibility index (Phi) is 3.83. The first kappa shape index (κ1) is 8.97. The molecule has 3 nitrogen and oxygen atoms in total. The van der Waals surface area contributed by atoms with Gasteiger partial charge in [-0.15, -0.1) is 0 Å². The van der Waals surface area contributed by atoms with Crippen LogP contribution in [0.2, 0.25) is 0 Å². The Labute approximate surface area is 68.0 Å². The first-order valence-corrected chi connectivity index (χ1v) is 4.31. The van der Waals surface area contributed by atoms with Gasteiger partial charge < -0.3 is 9.84 Å². The lowest BCUT2D eigenvalue weighted by molar-refractivity contribution is 0.0348. The monoisotopic (exact) mass is 159 g/mol. The fraction of sp³-hybridized carbons (Fsp3) is 1.00. The summed E-state index contributed by atoms with van der Waals surface area (Å²) in [6.07, 6.45) is 1.84. The summed E-state index contributed by atoms with van der Waals surface area (Å²) in [4.78, 5) is 2.14. The van der Waals surface area contributed by atoms with Crippen LogP contribution < -0.4 is 0 Å². The second-order valence-electron chi connectivity index (χ2n) is 3.06. The van der Waals surface area contributed by atoms with Gasteiger partial charge in [0.2, 0.25) is 0 Å². The minimum Gasteiger partial charge on any atom is -0.392 e. The molecular formula is C8H17NO2.